The fourth-order valence-electron chi connectivity index (χ4n) is 1.01. The van der Waals surface area contributed by atoms with Crippen LogP contribution in [0.15, 0.2) is 35.5 Å². The second-order valence-corrected chi connectivity index (χ2v) is 2.49. The molecular formula is C9H7NO3. The van der Waals surface area contributed by atoms with Crippen LogP contribution in [0.2, 0.25) is 0 Å². The number of nitrogens with zero attached hydrogens (tertiary/aromatic N) is 1. The molecule has 1 aliphatic heterocycles. The van der Waals surface area contributed by atoms with Crippen LogP contribution in [0.25, 0.3) is 0 Å². The van der Waals surface area contributed by atoms with Gasteiger partial charge in [0.25, 0.3) is 5.90 Å². The van der Waals surface area contributed by atoms with Crippen molar-refractivity contribution in [2.24, 2.45) is 5.16 Å². The van der Waals surface area contributed by atoms with Gasteiger partial charge in [0.2, 0.25) is 6.29 Å². The Labute approximate surface area is 74.8 Å². The summed E-state index contributed by atoms with van der Waals surface area (Å²) in [4.78, 5) is 14.9. The van der Waals surface area contributed by atoms with Gasteiger partial charge in [-0.25, -0.2) is 0 Å². The Morgan fingerprint density at radius 2 is 2.08 bits per heavy atom. The largest absolute Gasteiger partial charge is 0.426 e. The average Bonchev–Trinajstić information content (AvgIpc) is 2.67. The van der Waals surface area contributed by atoms with Crippen molar-refractivity contribution in [3.63, 3.8) is 0 Å². The van der Waals surface area contributed by atoms with Gasteiger partial charge in [-0.2, -0.15) is 0 Å². The molecule has 0 saturated carbocycles. The highest BCUT2D eigenvalue weighted by Gasteiger charge is 2.21. The van der Waals surface area contributed by atoms with Crippen LogP contribution in [-0.2, 0) is 14.4 Å². The first-order valence-electron chi connectivity index (χ1n) is 3.81. The molecule has 1 unspecified atom stereocenters. The van der Waals surface area contributed by atoms with E-state index in [2.05, 4.69) is 9.99 Å². The molecule has 13 heavy (non-hydrogen) atoms. The fraction of sp³-hybridized carbons (Fsp3) is 0.111. The van der Waals surface area contributed by atoms with E-state index in [0.29, 0.717) is 12.2 Å². The number of oxime groups is 1. The molecule has 0 aliphatic carbocycles. The zero-order valence-corrected chi connectivity index (χ0v) is 6.71. The molecule has 0 aromatic heterocycles. The lowest BCUT2D eigenvalue weighted by Gasteiger charge is -2.00. The van der Waals surface area contributed by atoms with E-state index in [1.807, 2.05) is 30.3 Å². The lowest BCUT2D eigenvalue weighted by atomic mass is 10.2. The summed E-state index contributed by atoms with van der Waals surface area (Å²) in [7, 11) is 0. The summed E-state index contributed by atoms with van der Waals surface area (Å²) in [6.07, 6.45) is -0.338. The Kier molecular flexibility index (Phi) is 1.96. The van der Waals surface area contributed by atoms with E-state index in [9.17, 15) is 4.79 Å². The highest BCUT2D eigenvalue weighted by atomic mass is 16.8. The Balaban J connectivity index is 2.17. The van der Waals surface area contributed by atoms with E-state index in [0.717, 1.165) is 5.56 Å². The first-order valence-corrected chi connectivity index (χ1v) is 3.81. The van der Waals surface area contributed by atoms with Crippen molar-refractivity contribution >= 4 is 12.2 Å². The van der Waals surface area contributed by atoms with E-state index >= 15 is 0 Å². The molecule has 0 amide bonds. The number of hydrogen-bond donors (Lipinski definition) is 0. The predicted octanol–water partition coefficient (Wildman–Crippen LogP) is 0.920. The summed E-state index contributed by atoms with van der Waals surface area (Å²) in [5.74, 6) is 0.345. The Hall–Kier alpha value is -1.84. The molecule has 1 atom stereocenters. The third-order valence-electron chi connectivity index (χ3n) is 1.60. The normalized spacial score (nSPS) is 20.0. The maximum Gasteiger partial charge on any atom is 0.323 e. The van der Waals surface area contributed by atoms with Crippen molar-refractivity contribution in [1.29, 1.82) is 0 Å². The molecule has 0 radical (unpaired) electrons. The van der Waals surface area contributed by atoms with Crippen molar-refractivity contribution in [1.82, 2.24) is 0 Å². The summed E-state index contributed by atoms with van der Waals surface area (Å²) in [6.45, 7) is 0. The van der Waals surface area contributed by atoms with Crippen molar-refractivity contribution in [3.8, 4) is 0 Å². The minimum Gasteiger partial charge on any atom is -0.426 e. The number of ether oxygens (including phenoxy) is 1. The molecule has 2 rings (SSSR count). The average molecular weight is 177 g/mol. The first-order chi connectivity index (χ1) is 6.40. The molecule has 1 aliphatic rings. The van der Waals surface area contributed by atoms with Crippen molar-refractivity contribution in [3.05, 3.63) is 35.9 Å². The van der Waals surface area contributed by atoms with Crippen LogP contribution < -0.4 is 0 Å². The molecule has 0 spiro atoms. The van der Waals surface area contributed by atoms with Crippen LogP contribution in [0.1, 0.15) is 5.56 Å². The third-order valence-corrected chi connectivity index (χ3v) is 1.60. The van der Waals surface area contributed by atoms with Crippen LogP contribution in [0.5, 0.6) is 0 Å². The zero-order chi connectivity index (χ0) is 9.10. The van der Waals surface area contributed by atoms with E-state index in [4.69, 9.17) is 4.74 Å². The van der Waals surface area contributed by atoms with Crippen molar-refractivity contribution in [2.75, 3.05) is 0 Å². The van der Waals surface area contributed by atoms with Gasteiger partial charge in [0.05, 0.1) is 0 Å². The van der Waals surface area contributed by atoms with Gasteiger partial charge in [-0.05, 0) is 17.3 Å². The SMILES string of the molecule is O=CC1ON=C(c2ccccc2)O1. The van der Waals surface area contributed by atoms with Crippen LogP contribution in [-0.4, -0.2) is 18.5 Å². The second-order valence-electron chi connectivity index (χ2n) is 2.49. The van der Waals surface area contributed by atoms with Crippen LogP contribution >= 0.6 is 0 Å². The Morgan fingerprint density at radius 3 is 2.69 bits per heavy atom. The zero-order valence-electron chi connectivity index (χ0n) is 6.71. The van der Waals surface area contributed by atoms with Gasteiger partial charge in [-0.15, -0.1) is 0 Å². The minimum atomic E-state index is -0.893. The van der Waals surface area contributed by atoms with E-state index in [1.165, 1.54) is 0 Å². The van der Waals surface area contributed by atoms with Crippen LogP contribution in [0.3, 0.4) is 0 Å². The topological polar surface area (TPSA) is 47.9 Å². The van der Waals surface area contributed by atoms with Gasteiger partial charge in [-0.3, -0.25) is 4.79 Å². The summed E-state index contributed by atoms with van der Waals surface area (Å²) < 4.78 is 5.06. The number of carbonyl (C=O) groups is 1. The van der Waals surface area contributed by atoms with E-state index in [1.54, 1.807) is 0 Å². The maximum absolute atomic E-state index is 10.3. The monoisotopic (exact) mass is 177 g/mol. The standard InChI is InChI=1S/C9H7NO3/c11-6-8-12-9(10-13-8)7-4-2-1-3-5-7/h1-6,8H. The molecule has 0 bridgehead atoms. The number of benzene rings is 1. The summed E-state index contributed by atoms with van der Waals surface area (Å²) >= 11 is 0. The third kappa shape index (κ3) is 1.51. The van der Waals surface area contributed by atoms with Gasteiger partial charge in [-0.1, -0.05) is 18.2 Å². The molecule has 66 valence electrons. The van der Waals surface area contributed by atoms with E-state index < -0.39 is 6.29 Å². The quantitative estimate of drug-likeness (QED) is 0.631. The lowest BCUT2D eigenvalue weighted by molar-refractivity contribution is -0.131. The van der Waals surface area contributed by atoms with Gasteiger partial charge in [0, 0.05) is 5.56 Å². The van der Waals surface area contributed by atoms with Gasteiger partial charge >= 0.3 is 6.29 Å². The molecule has 0 saturated heterocycles. The highest BCUT2D eigenvalue weighted by molar-refractivity contribution is 5.95. The summed E-state index contributed by atoms with van der Waals surface area (Å²) in [6, 6.07) is 9.26. The summed E-state index contributed by atoms with van der Waals surface area (Å²) in [5.41, 5.74) is 0.798. The number of aldehydes is 1. The molecule has 4 heteroatoms. The van der Waals surface area contributed by atoms with Gasteiger partial charge in [0.1, 0.15) is 0 Å². The minimum absolute atomic E-state index is 0.345. The van der Waals surface area contributed by atoms with E-state index in [-0.39, 0.29) is 0 Å². The first kappa shape index (κ1) is 7.79. The molecule has 0 N–H and O–H groups in total. The molecule has 1 aromatic carbocycles. The molecule has 4 nitrogen and oxygen atoms in total. The molecule has 0 fully saturated rings. The molecule has 1 heterocycles. The predicted molar refractivity (Wildman–Crippen MR) is 45.0 cm³/mol. The van der Waals surface area contributed by atoms with Gasteiger partial charge in [0.15, 0.2) is 0 Å². The number of rotatable bonds is 2. The molecular weight excluding hydrogens is 170 g/mol. The Morgan fingerprint density at radius 1 is 1.31 bits per heavy atom. The second kappa shape index (κ2) is 3.26. The van der Waals surface area contributed by atoms with Gasteiger partial charge < -0.3 is 9.57 Å². The van der Waals surface area contributed by atoms with Crippen LogP contribution in [0.4, 0.5) is 0 Å². The lowest BCUT2D eigenvalue weighted by Crippen LogP contribution is -2.13. The highest BCUT2D eigenvalue weighted by Crippen LogP contribution is 2.11. The number of carbonyl (C=O) groups excluding carboxylic acids is 1. The van der Waals surface area contributed by atoms with Crippen molar-refractivity contribution in [2.45, 2.75) is 6.29 Å². The maximum atomic E-state index is 10.3. The van der Waals surface area contributed by atoms with Crippen LogP contribution in [0, 0.1) is 0 Å². The Bertz CT molecular complexity index is 334. The summed E-state index contributed by atoms with van der Waals surface area (Å²) in [5, 5.41) is 3.62. The fourth-order valence-corrected chi connectivity index (χ4v) is 1.01. The molecule has 1 aromatic rings. The smallest absolute Gasteiger partial charge is 0.323 e. The number of hydrogen-bond acceptors (Lipinski definition) is 4. The van der Waals surface area contributed by atoms with Crippen molar-refractivity contribution < 1.29 is 14.4 Å².